The van der Waals surface area contributed by atoms with Crippen LogP contribution in [0.5, 0.6) is 5.75 Å². The molecule has 0 atom stereocenters. The van der Waals surface area contributed by atoms with Crippen LogP contribution in [0.1, 0.15) is 24.3 Å². The van der Waals surface area contributed by atoms with E-state index in [1.54, 1.807) is 12.1 Å². The van der Waals surface area contributed by atoms with Crippen molar-refractivity contribution in [3.63, 3.8) is 0 Å². The highest BCUT2D eigenvalue weighted by Gasteiger charge is 2.16. The molecule has 1 fully saturated rings. The minimum absolute atomic E-state index is 0.229. The van der Waals surface area contributed by atoms with E-state index in [1.807, 2.05) is 18.2 Å². The molecule has 23 heavy (non-hydrogen) atoms. The predicted molar refractivity (Wildman–Crippen MR) is 91.5 cm³/mol. The third-order valence-electron chi connectivity index (χ3n) is 4.60. The highest BCUT2D eigenvalue weighted by atomic mass is 16.3. The number of aromatic hydroxyl groups is 1. The fraction of sp³-hybridized carbons (Fsp3) is 0.263. The zero-order valence-electron chi connectivity index (χ0n) is 12.9. The average molecular weight is 305 g/mol. The molecule has 0 aliphatic carbocycles. The lowest BCUT2D eigenvalue weighted by atomic mass is 9.89. The van der Waals surface area contributed by atoms with Crippen LogP contribution in [0.4, 0.5) is 0 Å². The summed E-state index contributed by atoms with van der Waals surface area (Å²) < 4.78 is 0. The van der Waals surface area contributed by atoms with Gasteiger partial charge in [-0.15, -0.1) is 10.2 Å². The minimum atomic E-state index is 0.229. The summed E-state index contributed by atoms with van der Waals surface area (Å²) in [6.45, 7) is 2.17. The number of nitrogens with zero attached hydrogens (tertiary/aromatic N) is 2. The molecule has 2 N–H and O–H groups in total. The number of phenols is 1. The van der Waals surface area contributed by atoms with Gasteiger partial charge < -0.3 is 10.4 Å². The number of hydrogen-bond acceptors (Lipinski definition) is 4. The molecule has 2 heterocycles. The van der Waals surface area contributed by atoms with Gasteiger partial charge in [0.25, 0.3) is 0 Å². The van der Waals surface area contributed by atoms with Crippen LogP contribution in [-0.4, -0.2) is 28.4 Å². The lowest BCUT2D eigenvalue weighted by Crippen LogP contribution is -2.26. The Balaban J connectivity index is 1.72. The van der Waals surface area contributed by atoms with Gasteiger partial charge in [-0.05, 0) is 61.7 Å². The average Bonchev–Trinajstić information content (AvgIpc) is 2.62. The highest BCUT2D eigenvalue weighted by Crippen LogP contribution is 2.30. The van der Waals surface area contributed by atoms with Crippen LogP contribution in [0, 0.1) is 0 Å². The predicted octanol–water partition coefficient (Wildman–Crippen LogP) is 3.47. The van der Waals surface area contributed by atoms with Crippen molar-refractivity contribution in [1.29, 1.82) is 0 Å². The van der Waals surface area contributed by atoms with Crippen molar-refractivity contribution in [2.45, 2.75) is 18.8 Å². The maximum absolute atomic E-state index is 9.98. The Kier molecular flexibility index (Phi) is 3.67. The Bertz CT molecular complexity index is 841. The number of fused-ring (bicyclic) bond motifs is 1. The van der Waals surface area contributed by atoms with E-state index in [-0.39, 0.29) is 5.75 Å². The Labute approximate surface area is 135 Å². The quantitative estimate of drug-likeness (QED) is 0.761. The van der Waals surface area contributed by atoms with Crippen LogP contribution in [0.3, 0.4) is 0 Å². The van der Waals surface area contributed by atoms with Crippen molar-refractivity contribution in [2.24, 2.45) is 0 Å². The third-order valence-corrected chi connectivity index (χ3v) is 4.60. The van der Waals surface area contributed by atoms with E-state index in [0.29, 0.717) is 17.2 Å². The summed E-state index contributed by atoms with van der Waals surface area (Å²) in [4.78, 5) is 0. The van der Waals surface area contributed by atoms with Gasteiger partial charge in [-0.25, -0.2) is 0 Å². The van der Waals surface area contributed by atoms with Crippen LogP contribution in [0.2, 0.25) is 0 Å². The molecule has 0 unspecified atom stereocenters. The Morgan fingerprint density at radius 2 is 1.78 bits per heavy atom. The first kappa shape index (κ1) is 14.2. The summed E-state index contributed by atoms with van der Waals surface area (Å²) in [6, 6.07) is 15.7. The second kappa shape index (κ2) is 5.97. The van der Waals surface area contributed by atoms with Crippen LogP contribution < -0.4 is 5.32 Å². The second-order valence-electron chi connectivity index (χ2n) is 6.09. The van der Waals surface area contributed by atoms with Gasteiger partial charge in [0, 0.05) is 10.9 Å². The first-order chi connectivity index (χ1) is 11.3. The number of nitrogens with one attached hydrogen (secondary N) is 1. The van der Waals surface area contributed by atoms with Crippen molar-refractivity contribution in [3.05, 3.63) is 54.1 Å². The van der Waals surface area contributed by atoms with Crippen LogP contribution in [0.25, 0.3) is 22.2 Å². The Morgan fingerprint density at radius 1 is 0.957 bits per heavy atom. The molecule has 4 nitrogen and oxygen atoms in total. The SMILES string of the molecule is Oc1ccccc1-c1cc2ccc(C3CCNCC3)cc2nn1. The molecule has 4 rings (SSSR count). The maximum atomic E-state index is 9.98. The normalized spacial score (nSPS) is 15.8. The molecule has 0 bridgehead atoms. The summed E-state index contributed by atoms with van der Waals surface area (Å²) in [6.07, 6.45) is 2.35. The van der Waals surface area contributed by atoms with Crippen molar-refractivity contribution >= 4 is 10.9 Å². The van der Waals surface area contributed by atoms with Crippen molar-refractivity contribution in [2.75, 3.05) is 13.1 Å². The van der Waals surface area contributed by atoms with Crippen molar-refractivity contribution in [3.8, 4) is 17.0 Å². The molecule has 1 aromatic heterocycles. The molecule has 116 valence electrons. The van der Waals surface area contributed by atoms with Crippen molar-refractivity contribution < 1.29 is 5.11 Å². The van der Waals surface area contributed by atoms with Gasteiger partial charge in [-0.2, -0.15) is 0 Å². The molecule has 0 saturated carbocycles. The standard InChI is InChI=1S/C19H19N3O/c23-19-4-2-1-3-16(19)18-12-15-6-5-14(11-17(15)21-22-18)13-7-9-20-10-8-13/h1-6,11-13,20,23H,7-10H2. The fourth-order valence-electron chi connectivity index (χ4n) is 3.28. The first-order valence-corrected chi connectivity index (χ1v) is 8.08. The van der Waals surface area contributed by atoms with Gasteiger partial charge in [-0.1, -0.05) is 24.3 Å². The van der Waals surface area contributed by atoms with E-state index in [0.717, 1.165) is 24.0 Å². The van der Waals surface area contributed by atoms with E-state index in [4.69, 9.17) is 0 Å². The summed E-state index contributed by atoms with van der Waals surface area (Å²) >= 11 is 0. The zero-order chi connectivity index (χ0) is 15.6. The van der Waals surface area contributed by atoms with Gasteiger partial charge in [0.05, 0.1) is 11.2 Å². The molecular formula is C19H19N3O. The topological polar surface area (TPSA) is 58.0 Å². The lowest BCUT2D eigenvalue weighted by Gasteiger charge is -2.23. The van der Waals surface area contributed by atoms with E-state index in [9.17, 15) is 5.11 Å². The molecule has 0 amide bonds. The molecule has 0 radical (unpaired) electrons. The minimum Gasteiger partial charge on any atom is -0.507 e. The third kappa shape index (κ3) is 2.78. The zero-order valence-corrected chi connectivity index (χ0v) is 12.9. The maximum Gasteiger partial charge on any atom is 0.125 e. The van der Waals surface area contributed by atoms with Gasteiger partial charge in [0.1, 0.15) is 5.75 Å². The van der Waals surface area contributed by atoms with E-state index in [2.05, 4.69) is 33.7 Å². The summed E-state index contributed by atoms with van der Waals surface area (Å²) in [5.41, 5.74) is 3.68. The fourth-order valence-corrected chi connectivity index (χ4v) is 3.28. The van der Waals surface area contributed by atoms with E-state index < -0.39 is 0 Å². The molecule has 2 aromatic carbocycles. The smallest absolute Gasteiger partial charge is 0.125 e. The van der Waals surface area contributed by atoms with Gasteiger partial charge in [0.15, 0.2) is 0 Å². The van der Waals surface area contributed by atoms with Gasteiger partial charge in [0.2, 0.25) is 0 Å². The van der Waals surface area contributed by atoms with Crippen LogP contribution in [-0.2, 0) is 0 Å². The molecule has 1 aliphatic rings. The number of phenolic OH excluding ortho intramolecular Hbond substituents is 1. The molecule has 1 saturated heterocycles. The number of piperidine rings is 1. The first-order valence-electron chi connectivity index (χ1n) is 8.08. The number of hydrogen-bond donors (Lipinski definition) is 2. The Hall–Kier alpha value is -2.46. The molecule has 3 aromatic rings. The number of para-hydroxylation sites is 1. The molecular weight excluding hydrogens is 286 g/mol. The summed E-state index contributed by atoms with van der Waals surface area (Å²) in [5.74, 6) is 0.841. The Morgan fingerprint density at radius 3 is 2.61 bits per heavy atom. The van der Waals surface area contributed by atoms with Crippen molar-refractivity contribution in [1.82, 2.24) is 15.5 Å². The van der Waals surface area contributed by atoms with Crippen LogP contribution in [0.15, 0.2) is 48.5 Å². The van der Waals surface area contributed by atoms with Gasteiger partial charge in [-0.3, -0.25) is 0 Å². The molecule has 0 spiro atoms. The van der Waals surface area contributed by atoms with E-state index >= 15 is 0 Å². The van der Waals surface area contributed by atoms with Gasteiger partial charge >= 0.3 is 0 Å². The van der Waals surface area contributed by atoms with E-state index in [1.165, 1.54) is 18.4 Å². The monoisotopic (exact) mass is 305 g/mol. The number of benzene rings is 2. The second-order valence-corrected chi connectivity index (χ2v) is 6.09. The highest BCUT2D eigenvalue weighted by molar-refractivity contribution is 5.83. The summed E-state index contributed by atoms with van der Waals surface area (Å²) in [7, 11) is 0. The summed E-state index contributed by atoms with van der Waals surface area (Å²) in [5, 5.41) is 23.1. The lowest BCUT2D eigenvalue weighted by molar-refractivity contribution is 0.460. The number of rotatable bonds is 2. The van der Waals surface area contributed by atoms with Crippen LogP contribution >= 0.6 is 0 Å². The molecule has 1 aliphatic heterocycles. The number of aromatic nitrogens is 2. The largest absolute Gasteiger partial charge is 0.507 e. The molecule has 4 heteroatoms.